The molecule has 11 nitrogen and oxygen atoms in total. The van der Waals surface area contributed by atoms with E-state index in [2.05, 4.69) is 20.5 Å². The van der Waals surface area contributed by atoms with Crippen molar-refractivity contribution in [1.82, 2.24) is 19.9 Å². The van der Waals surface area contributed by atoms with Gasteiger partial charge in [0, 0.05) is 6.54 Å². The Kier molecular flexibility index (Phi) is 5.90. The van der Waals surface area contributed by atoms with Gasteiger partial charge in [-0.05, 0) is 29.3 Å². The molecule has 13 heteroatoms. The minimum atomic E-state index is -3.99. The molecule has 32 heavy (non-hydrogen) atoms. The Bertz CT molecular complexity index is 1220. The van der Waals surface area contributed by atoms with E-state index in [1.165, 1.54) is 6.33 Å². The van der Waals surface area contributed by atoms with Crippen LogP contribution in [0.25, 0.3) is 0 Å². The lowest BCUT2D eigenvalue weighted by atomic mass is 9.91. The molecular formula is C19H21BN6O5S. The molecule has 0 aliphatic carbocycles. The molecule has 0 radical (unpaired) electrons. The average Bonchev–Trinajstić information content (AvgIpc) is 3.37. The van der Waals surface area contributed by atoms with Gasteiger partial charge in [-0.15, -0.1) is 5.10 Å². The van der Waals surface area contributed by atoms with Crippen molar-refractivity contribution in [2.45, 2.75) is 13.2 Å². The Morgan fingerprint density at radius 3 is 2.62 bits per heavy atom. The van der Waals surface area contributed by atoms with E-state index in [4.69, 9.17) is 9.47 Å². The van der Waals surface area contributed by atoms with Gasteiger partial charge in [-0.1, -0.05) is 23.7 Å². The highest BCUT2D eigenvalue weighted by Crippen LogP contribution is 2.31. The van der Waals surface area contributed by atoms with Crippen molar-refractivity contribution in [2.75, 3.05) is 23.3 Å². The Hall–Kier alpha value is -3.74. The zero-order chi connectivity index (χ0) is 22.7. The van der Waals surface area contributed by atoms with E-state index in [0.29, 0.717) is 29.4 Å². The number of carbonyl (C=O) groups is 1. The first-order valence-electron chi connectivity index (χ1n) is 9.68. The number of ether oxygens (including phenoxy) is 2. The number of nitrogens with one attached hydrogen (secondary N) is 3. The SMILES string of the molecule is Bc1cc(CNc2nc[nH]n2)cc(OCc2ccc(OC)cc2)c1N1CC(=O)NS1(=O)=O. The third-order valence-corrected chi connectivity index (χ3v) is 6.19. The monoisotopic (exact) mass is 456 g/mol. The van der Waals surface area contributed by atoms with E-state index in [-0.39, 0.29) is 13.2 Å². The van der Waals surface area contributed by atoms with Crippen LogP contribution in [0.1, 0.15) is 11.1 Å². The van der Waals surface area contributed by atoms with E-state index in [1.54, 1.807) is 21.0 Å². The molecule has 4 rings (SSSR count). The minimum Gasteiger partial charge on any atom is -0.497 e. The number of amides is 1. The summed E-state index contributed by atoms with van der Waals surface area (Å²) >= 11 is 0. The highest BCUT2D eigenvalue weighted by molar-refractivity contribution is 7.92. The van der Waals surface area contributed by atoms with Crippen LogP contribution in [0, 0.1) is 0 Å². The number of hydrogen-bond acceptors (Lipinski definition) is 8. The number of rotatable bonds is 8. The zero-order valence-electron chi connectivity index (χ0n) is 17.5. The number of hydrogen-bond donors (Lipinski definition) is 3. The van der Waals surface area contributed by atoms with Crippen LogP contribution < -0.4 is 29.3 Å². The summed E-state index contributed by atoms with van der Waals surface area (Å²) in [5, 5.41) is 9.65. The summed E-state index contributed by atoms with van der Waals surface area (Å²) in [5.41, 5.74) is 2.66. The molecule has 1 aliphatic rings. The van der Waals surface area contributed by atoms with E-state index in [9.17, 15) is 13.2 Å². The highest BCUT2D eigenvalue weighted by atomic mass is 32.2. The maximum absolute atomic E-state index is 12.5. The van der Waals surface area contributed by atoms with Gasteiger partial charge in [-0.2, -0.15) is 8.42 Å². The molecular weight excluding hydrogens is 435 g/mol. The van der Waals surface area contributed by atoms with Gasteiger partial charge in [-0.25, -0.2) is 14.0 Å². The second kappa shape index (κ2) is 8.79. The largest absolute Gasteiger partial charge is 0.497 e. The van der Waals surface area contributed by atoms with E-state index < -0.39 is 16.1 Å². The number of carbonyl (C=O) groups excluding carboxylic acids is 1. The summed E-state index contributed by atoms with van der Waals surface area (Å²) in [4.78, 5) is 15.8. The molecule has 3 N–H and O–H groups in total. The second-order valence-electron chi connectivity index (χ2n) is 7.11. The molecule has 1 amide bonds. The van der Waals surface area contributed by atoms with Gasteiger partial charge in [0.25, 0.3) is 5.91 Å². The molecule has 0 unspecified atom stereocenters. The molecule has 0 bridgehead atoms. The molecule has 3 aromatic rings. The summed E-state index contributed by atoms with van der Waals surface area (Å²) in [6, 6.07) is 10.9. The molecule has 1 aromatic heterocycles. The van der Waals surface area contributed by atoms with Crippen LogP contribution >= 0.6 is 0 Å². The van der Waals surface area contributed by atoms with Gasteiger partial charge in [0.2, 0.25) is 5.95 Å². The predicted octanol–water partition coefficient (Wildman–Crippen LogP) is -0.556. The van der Waals surface area contributed by atoms with Crippen LogP contribution in [-0.2, 0) is 28.2 Å². The highest BCUT2D eigenvalue weighted by Gasteiger charge is 2.36. The fourth-order valence-electron chi connectivity index (χ4n) is 3.35. The number of benzene rings is 2. The van der Waals surface area contributed by atoms with Crippen molar-refractivity contribution in [1.29, 1.82) is 0 Å². The first kappa shape index (κ1) is 21.5. The number of anilines is 2. The maximum atomic E-state index is 12.5. The molecule has 1 fully saturated rings. The Balaban J connectivity index is 1.64. The van der Waals surface area contributed by atoms with E-state index in [0.717, 1.165) is 21.2 Å². The first-order chi connectivity index (χ1) is 15.4. The molecule has 2 heterocycles. The van der Waals surface area contributed by atoms with Crippen LogP contribution in [0.3, 0.4) is 0 Å². The second-order valence-corrected chi connectivity index (χ2v) is 8.70. The van der Waals surface area contributed by atoms with Crippen LogP contribution in [-0.4, -0.2) is 51.0 Å². The number of nitrogens with zero attached hydrogens (tertiary/aromatic N) is 3. The van der Waals surface area contributed by atoms with Crippen molar-refractivity contribution in [3.05, 3.63) is 53.9 Å². The van der Waals surface area contributed by atoms with Crippen molar-refractivity contribution < 1.29 is 22.7 Å². The van der Waals surface area contributed by atoms with Crippen molar-refractivity contribution in [3.8, 4) is 11.5 Å². The van der Waals surface area contributed by atoms with Crippen molar-refractivity contribution in [3.63, 3.8) is 0 Å². The fourth-order valence-corrected chi connectivity index (χ4v) is 4.58. The summed E-state index contributed by atoms with van der Waals surface area (Å²) in [6.45, 7) is 0.280. The summed E-state index contributed by atoms with van der Waals surface area (Å²) < 4.78 is 39.2. The molecule has 0 atom stereocenters. The number of aromatic amines is 1. The van der Waals surface area contributed by atoms with Crippen molar-refractivity contribution in [2.24, 2.45) is 0 Å². The third-order valence-electron chi connectivity index (χ3n) is 4.81. The van der Waals surface area contributed by atoms with Gasteiger partial charge in [0.15, 0.2) is 0 Å². The smallest absolute Gasteiger partial charge is 0.326 e. The third kappa shape index (κ3) is 4.62. The van der Waals surface area contributed by atoms with Gasteiger partial charge in [0.05, 0.1) is 12.8 Å². The number of H-pyrrole nitrogens is 1. The van der Waals surface area contributed by atoms with E-state index >= 15 is 0 Å². The fraction of sp³-hybridized carbons (Fsp3) is 0.211. The van der Waals surface area contributed by atoms with E-state index in [1.807, 2.05) is 35.1 Å². The summed E-state index contributed by atoms with van der Waals surface area (Å²) in [7, 11) is -0.634. The standard InChI is InChI=1S/C19H21BN6O5S/c1-30-14-4-2-12(3-5-14)10-31-16-7-13(8-21-19-22-11-23-24-19)6-15(20)18(16)26-9-17(27)25-32(26,28)29/h2-7,11H,8-10,20H2,1H3,(H,25,27)(H2,21,22,23,24). The summed E-state index contributed by atoms with van der Waals surface area (Å²) in [5.74, 6) is 0.899. The molecule has 0 spiro atoms. The van der Waals surface area contributed by atoms with Crippen LogP contribution in [0.5, 0.6) is 11.5 Å². The number of aromatic nitrogens is 3. The molecule has 0 saturated carbocycles. The van der Waals surface area contributed by atoms with Crippen LogP contribution in [0.2, 0.25) is 0 Å². The Morgan fingerprint density at radius 1 is 1.22 bits per heavy atom. The maximum Gasteiger partial charge on any atom is 0.326 e. The number of methoxy groups -OCH3 is 1. The Labute approximate surface area is 185 Å². The molecule has 2 aromatic carbocycles. The predicted molar refractivity (Wildman–Crippen MR) is 120 cm³/mol. The Morgan fingerprint density at radius 2 is 2.00 bits per heavy atom. The lowest BCUT2D eigenvalue weighted by Crippen LogP contribution is -2.33. The first-order valence-corrected chi connectivity index (χ1v) is 11.1. The van der Waals surface area contributed by atoms with Gasteiger partial charge in [-0.3, -0.25) is 9.89 Å². The van der Waals surface area contributed by atoms with Gasteiger partial charge < -0.3 is 14.8 Å². The van der Waals surface area contributed by atoms with Gasteiger partial charge in [0.1, 0.15) is 38.8 Å². The minimum absolute atomic E-state index is 0.198. The molecule has 166 valence electrons. The van der Waals surface area contributed by atoms with Gasteiger partial charge >= 0.3 is 10.2 Å². The topological polar surface area (TPSA) is 139 Å². The lowest BCUT2D eigenvalue weighted by molar-refractivity contribution is -0.117. The quantitative estimate of drug-likeness (QED) is 0.384. The van der Waals surface area contributed by atoms with Crippen molar-refractivity contribution >= 4 is 41.1 Å². The zero-order valence-corrected chi connectivity index (χ0v) is 18.3. The molecule has 1 saturated heterocycles. The normalized spacial score (nSPS) is 14.8. The van der Waals surface area contributed by atoms with Crippen LogP contribution in [0.15, 0.2) is 42.7 Å². The lowest BCUT2D eigenvalue weighted by Gasteiger charge is -2.23. The molecule has 1 aliphatic heterocycles. The summed E-state index contributed by atoms with van der Waals surface area (Å²) in [6.07, 6.45) is 1.46. The van der Waals surface area contributed by atoms with Crippen LogP contribution in [0.4, 0.5) is 11.6 Å². The average molecular weight is 456 g/mol.